The van der Waals surface area contributed by atoms with Gasteiger partial charge < -0.3 is 5.32 Å². The van der Waals surface area contributed by atoms with E-state index in [-0.39, 0.29) is 11.6 Å². The highest BCUT2D eigenvalue weighted by molar-refractivity contribution is 7.98. The molecule has 1 amide bonds. The predicted molar refractivity (Wildman–Crippen MR) is 94.1 cm³/mol. The van der Waals surface area contributed by atoms with Crippen LogP contribution in [0.3, 0.4) is 0 Å². The first kappa shape index (κ1) is 17.0. The van der Waals surface area contributed by atoms with Crippen molar-refractivity contribution < 1.29 is 9.72 Å². The van der Waals surface area contributed by atoms with Gasteiger partial charge in [-0.15, -0.1) is 0 Å². The fraction of sp³-hybridized carbons (Fsp3) is 0.235. The van der Waals surface area contributed by atoms with Crippen LogP contribution >= 0.6 is 11.8 Å². The second-order valence-electron chi connectivity index (χ2n) is 5.05. The fourth-order valence-corrected chi connectivity index (χ4v) is 2.69. The highest BCUT2D eigenvalue weighted by Gasteiger charge is 2.13. The quantitative estimate of drug-likeness (QED) is 0.629. The zero-order valence-electron chi connectivity index (χ0n) is 13.0. The Kier molecular flexibility index (Phi) is 5.76. The SMILES string of the molecule is CCSCc1ccc(C(=O)Nc2ccc(C)c([N+](=O)[O-])c2)cc1. The molecule has 0 saturated heterocycles. The van der Waals surface area contributed by atoms with Crippen molar-refractivity contribution >= 4 is 29.0 Å². The second-order valence-corrected chi connectivity index (χ2v) is 6.32. The molecule has 0 fully saturated rings. The van der Waals surface area contributed by atoms with Crippen LogP contribution in [0.1, 0.15) is 28.4 Å². The van der Waals surface area contributed by atoms with Crippen molar-refractivity contribution in [2.24, 2.45) is 0 Å². The number of nitrogens with zero attached hydrogens (tertiary/aromatic N) is 1. The average Bonchev–Trinajstić information content (AvgIpc) is 2.54. The Morgan fingerprint density at radius 1 is 1.22 bits per heavy atom. The molecule has 6 heteroatoms. The van der Waals surface area contributed by atoms with Gasteiger partial charge in [0.05, 0.1) is 4.92 Å². The van der Waals surface area contributed by atoms with Crippen LogP contribution in [0.15, 0.2) is 42.5 Å². The van der Waals surface area contributed by atoms with Crippen LogP contribution in [0.4, 0.5) is 11.4 Å². The fourth-order valence-electron chi connectivity index (χ4n) is 2.06. The summed E-state index contributed by atoms with van der Waals surface area (Å²) in [6.45, 7) is 3.77. The molecule has 0 spiro atoms. The average molecular weight is 330 g/mol. The summed E-state index contributed by atoms with van der Waals surface area (Å²) in [5.74, 6) is 1.69. The van der Waals surface area contributed by atoms with E-state index in [0.717, 1.165) is 11.5 Å². The molecule has 0 radical (unpaired) electrons. The van der Waals surface area contributed by atoms with Gasteiger partial charge in [0.25, 0.3) is 11.6 Å². The first-order chi connectivity index (χ1) is 11.0. The van der Waals surface area contributed by atoms with Crippen LogP contribution < -0.4 is 5.32 Å². The first-order valence-electron chi connectivity index (χ1n) is 7.24. The maximum Gasteiger partial charge on any atom is 0.274 e. The molecule has 0 unspecified atom stereocenters. The number of hydrogen-bond acceptors (Lipinski definition) is 4. The van der Waals surface area contributed by atoms with Gasteiger partial charge in [0, 0.05) is 28.6 Å². The van der Waals surface area contributed by atoms with E-state index in [0.29, 0.717) is 16.8 Å². The lowest BCUT2D eigenvalue weighted by molar-refractivity contribution is -0.385. The number of amides is 1. The van der Waals surface area contributed by atoms with E-state index in [1.54, 1.807) is 31.2 Å². The summed E-state index contributed by atoms with van der Waals surface area (Å²) in [4.78, 5) is 22.7. The number of benzene rings is 2. The van der Waals surface area contributed by atoms with Gasteiger partial charge in [-0.05, 0) is 36.4 Å². The third kappa shape index (κ3) is 4.56. The summed E-state index contributed by atoms with van der Waals surface area (Å²) >= 11 is 1.82. The van der Waals surface area contributed by atoms with Gasteiger partial charge in [-0.1, -0.05) is 25.1 Å². The number of rotatable bonds is 6. The molecule has 0 aliphatic heterocycles. The van der Waals surface area contributed by atoms with Crippen molar-refractivity contribution in [3.8, 4) is 0 Å². The van der Waals surface area contributed by atoms with Crippen LogP contribution in [0.5, 0.6) is 0 Å². The highest BCUT2D eigenvalue weighted by atomic mass is 32.2. The summed E-state index contributed by atoms with van der Waals surface area (Å²) in [5.41, 5.74) is 2.66. The Balaban J connectivity index is 2.09. The molecule has 0 aliphatic carbocycles. The summed E-state index contributed by atoms with van der Waals surface area (Å²) < 4.78 is 0. The minimum absolute atomic E-state index is 0.00487. The van der Waals surface area contributed by atoms with Crippen molar-refractivity contribution in [1.82, 2.24) is 0 Å². The Hall–Kier alpha value is -2.34. The molecule has 0 aliphatic rings. The molecule has 0 aromatic heterocycles. The van der Waals surface area contributed by atoms with Crippen LogP contribution in [0.2, 0.25) is 0 Å². The van der Waals surface area contributed by atoms with E-state index in [1.165, 1.54) is 11.6 Å². The van der Waals surface area contributed by atoms with Crippen LogP contribution in [-0.4, -0.2) is 16.6 Å². The normalized spacial score (nSPS) is 10.3. The molecule has 1 N–H and O–H groups in total. The Morgan fingerprint density at radius 3 is 2.52 bits per heavy atom. The van der Waals surface area contributed by atoms with Crippen molar-refractivity contribution in [2.45, 2.75) is 19.6 Å². The zero-order chi connectivity index (χ0) is 16.8. The lowest BCUT2D eigenvalue weighted by atomic mass is 10.1. The minimum atomic E-state index is -0.453. The van der Waals surface area contributed by atoms with Gasteiger partial charge >= 0.3 is 0 Å². The number of anilines is 1. The summed E-state index contributed by atoms with van der Waals surface area (Å²) in [6.07, 6.45) is 0. The second kappa shape index (κ2) is 7.78. The number of nitrogens with one attached hydrogen (secondary N) is 1. The van der Waals surface area contributed by atoms with E-state index < -0.39 is 4.92 Å². The van der Waals surface area contributed by atoms with Gasteiger partial charge in [-0.2, -0.15) is 11.8 Å². The number of hydrogen-bond donors (Lipinski definition) is 1. The maximum absolute atomic E-state index is 12.2. The van der Waals surface area contributed by atoms with Crippen molar-refractivity contribution in [1.29, 1.82) is 0 Å². The van der Waals surface area contributed by atoms with Crippen LogP contribution in [0, 0.1) is 17.0 Å². The lowest BCUT2D eigenvalue weighted by Gasteiger charge is -2.07. The third-order valence-corrected chi connectivity index (χ3v) is 4.30. The van der Waals surface area contributed by atoms with Crippen molar-refractivity contribution in [3.63, 3.8) is 0 Å². The van der Waals surface area contributed by atoms with Crippen LogP contribution in [-0.2, 0) is 5.75 Å². The number of nitro benzene ring substituents is 1. The minimum Gasteiger partial charge on any atom is -0.322 e. The van der Waals surface area contributed by atoms with E-state index >= 15 is 0 Å². The Bertz CT molecular complexity index is 714. The Labute approximate surface area is 139 Å². The molecule has 0 bridgehead atoms. The predicted octanol–water partition coefficient (Wildman–Crippen LogP) is 4.41. The molecule has 2 aromatic rings. The number of carbonyl (C=O) groups is 1. The smallest absolute Gasteiger partial charge is 0.274 e. The number of thioether (sulfide) groups is 1. The summed E-state index contributed by atoms with van der Waals surface area (Å²) in [6, 6.07) is 12.0. The van der Waals surface area contributed by atoms with Gasteiger partial charge in [0.2, 0.25) is 0 Å². The van der Waals surface area contributed by atoms with Gasteiger partial charge in [-0.25, -0.2) is 0 Å². The number of carbonyl (C=O) groups excluding carboxylic acids is 1. The molecular formula is C17H18N2O3S. The monoisotopic (exact) mass is 330 g/mol. The van der Waals surface area contributed by atoms with Crippen LogP contribution in [0.25, 0.3) is 0 Å². The molecule has 23 heavy (non-hydrogen) atoms. The topological polar surface area (TPSA) is 72.2 Å². The Morgan fingerprint density at radius 2 is 1.91 bits per heavy atom. The third-order valence-electron chi connectivity index (χ3n) is 3.35. The van der Waals surface area contributed by atoms with E-state index in [2.05, 4.69) is 12.2 Å². The van der Waals surface area contributed by atoms with Crippen molar-refractivity contribution in [3.05, 3.63) is 69.3 Å². The molecule has 5 nitrogen and oxygen atoms in total. The molecule has 2 aromatic carbocycles. The summed E-state index contributed by atoms with van der Waals surface area (Å²) in [5, 5.41) is 13.6. The number of aryl methyl sites for hydroxylation is 1. The molecule has 0 heterocycles. The largest absolute Gasteiger partial charge is 0.322 e. The molecule has 0 atom stereocenters. The highest BCUT2D eigenvalue weighted by Crippen LogP contribution is 2.23. The lowest BCUT2D eigenvalue weighted by Crippen LogP contribution is -2.12. The molecule has 2 rings (SSSR count). The standard InChI is InChI=1S/C17H18N2O3S/c1-3-23-11-13-5-7-14(8-6-13)17(20)18-15-9-4-12(2)16(10-15)19(21)22/h4-10H,3,11H2,1-2H3,(H,18,20). The van der Waals surface area contributed by atoms with E-state index in [1.807, 2.05) is 23.9 Å². The molecule has 120 valence electrons. The van der Waals surface area contributed by atoms with Gasteiger partial charge in [-0.3, -0.25) is 14.9 Å². The van der Waals surface area contributed by atoms with E-state index in [9.17, 15) is 14.9 Å². The van der Waals surface area contributed by atoms with Gasteiger partial charge in [0.1, 0.15) is 0 Å². The van der Waals surface area contributed by atoms with Crippen molar-refractivity contribution in [2.75, 3.05) is 11.1 Å². The first-order valence-corrected chi connectivity index (χ1v) is 8.39. The number of nitro groups is 1. The molecular weight excluding hydrogens is 312 g/mol. The van der Waals surface area contributed by atoms with E-state index in [4.69, 9.17) is 0 Å². The maximum atomic E-state index is 12.2. The summed E-state index contributed by atoms with van der Waals surface area (Å²) in [7, 11) is 0. The molecule has 0 saturated carbocycles. The zero-order valence-corrected chi connectivity index (χ0v) is 13.9. The van der Waals surface area contributed by atoms with Gasteiger partial charge in [0.15, 0.2) is 0 Å².